The zero-order valence-electron chi connectivity index (χ0n) is 18.3. The lowest BCUT2D eigenvalue weighted by atomic mass is 10.0. The molecule has 0 aliphatic carbocycles. The third-order valence-corrected chi connectivity index (χ3v) is 5.22. The van der Waals surface area contributed by atoms with E-state index >= 15 is 0 Å². The van der Waals surface area contributed by atoms with E-state index in [9.17, 15) is 24.6 Å². The molecule has 7 nitrogen and oxygen atoms in total. The van der Waals surface area contributed by atoms with Crippen molar-refractivity contribution in [1.82, 2.24) is 0 Å². The number of hydrogen-bond donors (Lipinski definition) is 1. The molecular weight excluding hydrogens is 449 g/mol. The van der Waals surface area contributed by atoms with Crippen LogP contribution in [-0.4, -0.2) is 10.8 Å². The van der Waals surface area contributed by atoms with Crippen molar-refractivity contribution in [3.8, 4) is 11.8 Å². The Hall–Kier alpha value is -5.03. The summed E-state index contributed by atoms with van der Waals surface area (Å²) in [7, 11) is 0. The van der Waals surface area contributed by atoms with E-state index in [1.54, 1.807) is 24.3 Å². The van der Waals surface area contributed by atoms with Crippen molar-refractivity contribution in [3.63, 3.8) is 0 Å². The average molecular weight is 467 g/mol. The summed E-state index contributed by atoms with van der Waals surface area (Å²) in [5.41, 5.74) is 0.721. The van der Waals surface area contributed by atoms with Gasteiger partial charge in [-0.25, -0.2) is 4.39 Å². The lowest BCUT2D eigenvalue weighted by Crippen LogP contribution is -2.14. The minimum absolute atomic E-state index is 0.0319. The van der Waals surface area contributed by atoms with Crippen LogP contribution in [0.4, 0.5) is 15.8 Å². The Bertz CT molecular complexity index is 1510. The van der Waals surface area contributed by atoms with E-state index in [0.717, 1.165) is 10.8 Å². The molecule has 0 atom stereocenters. The Morgan fingerprint density at radius 1 is 1.06 bits per heavy atom. The molecule has 0 radical (unpaired) electrons. The second-order valence-electron chi connectivity index (χ2n) is 7.52. The number of rotatable bonds is 7. The zero-order valence-corrected chi connectivity index (χ0v) is 18.3. The number of fused-ring (bicyclic) bond motifs is 1. The molecule has 0 unspecified atom stereocenters. The topological polar surface area (TPSA) is 105 Å². The van der Waals surface area contributed by atoms with Crippen LogP contribution in [0.1, 0.15) is 11.1 Å². The largest absolute Gasteiger partial charge is 0.488 e. The van der Waals surface area contributed by atoms with Gasteiger partial charge in [-0.1, -0.05) is 54.6 Å². The van der Waals surface area contributed by atoms with Crippen LogP contribution >= 0.6 is 0 Å². The molecule has 1 N–H and O–H groups in total. The number of nitriles is 1. The standard InChI is InChI=1S/C27H18FN3O4/c28-24-10-3-4-11-25(24)30-27(32)20(16-29)15-23-22-9-2-1-7-19(22)12-13-26(23)35-17-18-6-5-8-21(14-18)31(33)34/h1-15H,17H2,(H,30,32)/b20-15+. The maximum Gasteiger partial charge on any atom is 0.269 e. The minimum atomic E-state index is -0.768. The molecule has 35 heavy (non-hydrogen) atoms. The first kappa shape index (κ1) is 23.1. The number of nitrogens with zero attached hydrogens (tertiary/aromatic N) is 2. The molecule has 1 amide bonds. The number of nitro benzene ring substituents is 1. The van der Waals surface area contributed by atoms with Crippen molar-refractivity contribution >= 4 is 34.1 Å². The van der Waals surface area contributed by atoms with E-state index in [0.29, 0.717) is 16.9 Å². The van der Waals surface area contributed by atoms with Gasteiger partial charge in [-0.15, -0.1) is 0 Å². The van der Waals surface area contributed by atoms with Gasteiger partial charge in [-0.2, -0.15) is 5.26 Å². The fourth-order valence-corrected chi connectivity index (χ4v) is 3.52. The van der Waals surface area contributed by atoms with Gasteiger partial charge in [0.25, 0.3) is 11.6 Å². The van der Waals surface area contributed by atoms with Gasteiger partial charge in [0.05, 0.1) is 10.6 Å². The molecule has 4 aromatic rings. The van der Waals surface area contributed by atoms with E-state index < -0.39 is 16.6 Å². The molecule has 0 aromatic heterocycles. The van der Waals surface area contributed by atoms with Crippen molar-refractivity contribution in [2.45, 2.75) is 6.61 Å². The Morgan fingerprint density at radius 2 is 1.83 bits per heavy atom. The fourth-order valence-electron chi connectivity index (χ4n) is 3.52. The van der Waals surface area contributed by atoms with Crippen LogP contribution in [0, 0.1) is 27.3 Å². The number of carbonyl (C=O) groups excluding carboxylic acids is 1. The maximum atomic E-state index is 14.0. The maximum absolute atomic E-state index is 14.0. The summed E-state index contributed by atoms with van der Waals surface area (Å²) < 4.78 is 19.9. The highest BCUT2D eigenvalue weighted by molar-refractivity contribution is 6.11. The number of benzene rings is 4. The highest BCUT2D eigenvalue weighted by Crippen LogP contribution is 2.31. The SMILES string of the molecule is N#C/C(=C\c1c(OCc2cccc([N+](=O)[O-])c2)ccc2ccccc12)C(=O)Nc1ccccc1F. The molecule has 0 saturated heterocycles. The molecule has 0 aliphatic rings. The second kappa shape index (κ2) is 10.3. The predicted molar refractivity (Wildman–Crippen MR) is 130 cm³/mol. The first-order chi connectivity index (χ1) is 17.0. The number of hydrogen-bond acceptors (Lipinski definition) is 5. The molecule has 172 valence electrons. The first-order valence-corrected chi connectivity index (χ1v) is 10.5. The summed E-state index contributed by atoms with van der Waals surface area (Å²) in [6.45, 7) is 0.0319. The van der Waals surface area contributed by atoms with Crippen molar-refractivity contribution in [2.24, 2.45) is 0 Å². The van der Waals surface area contributed by atoms with Crippen molar-refractivity contribution in [2.75, 3.05) is 5.32 Å². The number of nitrogens with one attached hydrogen (secondary N) is 1. The van der Waals surface area contributed by atoms with Gasteiger partial charge in [0.1, 0.15) is 29.8 Å². The van der Waals surface area contributed by atoms with Gasteiger partial charge in [0, 0.05) is 17.7 Å². The van der Waals surface area contributed by atoms with Gasteiger partial charge >= 0.3 is 0 Å². The van der Waals surface area contributed by atoms with E-state index in [-0.39, 0.29) is 23.6 Å². The zero-order chi connectivity index (χ0) is 24.8. The van der Waals surface area contributed by atoms with Crippen LogP contribution in [0.2, 0.25) is 0 Å². The average Bonchev–Trinajstić information content (AvgIpc) is 2.87. The molecule has 0 heterocycles. The van der Waals surface area contributed by atoms with Crippen LogP contribution in [0.5, 0.6) is 5.75 Å². The van der Waals surface area contributed by atoms with Crippen LogP contribution in [0.15, 0.2) is 90.5 Å². The lowest BCUT2D eigenvalue weighted by Gasteiger charge is -2.13. The molecule has 4 aromatic carbocycles. The Morgan fingerprint density at radius 3 is 2.60 bits per heavy atom. The van der Waals surface area contributed by atoms with Gasteiger partial charge in [0.2, 0.25) is 0 Å². The highest BCUT2D eigenvalue weighted by Gasteiger charge is 2.15. The molecule has 0 aliphatic heterocycles. The molecule has 0 fully saturated rings. The van der Waals surface area contributed by atoms with Crippen LogP contribution < -0.4 is 10.1 Å². The van der Waals surface area contributed by atoms with Crippen LogP contribution in [0.25, 0.3) is 16.8 Å². The van der Waals surface area contributed by atoms with Crippen LogP contribution in [-0.2, 0) is 11.4 Å². The summed E-state index contributed by atoms with van der Waals surface area (Å²) in [5, 5.41) is 24.7. The molecule has 8 heteroatoms. The van der Waals surface area contributed by atoms with Gasteiger partial charge in [-0.3, -0.25) is 14.9 Å². The lowest BCUT2D eigenvalue weighted by molar-refractivity contribution is -0.384. The summed E-state index contributed by atoms with van der Waals surface area (Å²) in [6, 6.07) is 24.5. The monoisotopic (exact) mass is 467 g/mol. The van der Waals surface area contributed by atoms with E-state index in [2.05, 4.69) is 5.32 Å². The highest BCUT2D eigenvalue weighted by atomic mass is 19.1. The summed E-state index contributed by atoms with van der Waals surface area (Å²) in [6.07, 6.45) is 1.39. The number of anilines is 1. The van der Waals surface area contributed by atoms with Gasteiger partial charge in [-0.05, 0) is 40.6 Å². The van der Waals surface area contributed by atoms with Gasteiger partial charge in [0.15, 0.2) is 0 Å². The van der Waals surface area contributed by atoms with Crippen molar-refractivity contribution in [3.05, 3.63) is 118 Å². The van der Waals surface area contributed by atoms with Crippen LogP contribution in [0.3, 0.4) is 0 Å². The normalized spacial score (nSPS) is 11.0. The molecule has 4 rings (SSSR count). The van der Waals surface area contributed by atoms with E-state index in [4.69, 9.17) is 4.74 Å². The number of halogens is 1. The third-order valence-electron chi connectivity index (χ3n) is 5.22. The van der Waals surface area contributed by atoms with E-state index in [1.165, 1.54) is 36.4 Å². The number of ether oxygens (including phenoxy) is 1. The Labute approximate surface area is 199 Å². The molecule has 0 spiro atoms. The predicted octanol–water partition coefficient (Wildman–Crippen LogP) is 6.01. The Kier molecular flexibility index (Phi) is 6.79. The third kappa shape index (κ3) is 5.31. The number of para-hydroxylation sites is 1. The Balaban J connectivity index is 1.70. The number of non-ortho nitro benzene ring substituents is 1. The van der Waals surface area contributed by atoms with E-state index in [1.807, 2.05) is 36.4 Å². The second-order valence-corrected chi connectivity index (χ2v) is 7.52. The minimum Gasteiger partial charge on any atom is -0.488 e. The summed E-state index contributed by atoms with van der Waals surface area (Å²) in [4.78, 5) is 23.3. The fraction of sp³-hybridized carbons (Fsp3) is 0.0370. The number of carbonyl (C=O) groups is 1. The van der Waals surface area contributed by atoms with Gasteiger partial charge < -0.3 is 10.1 Å². The molecular formula is C27H18FN3O4. The molecule has 0 bridgehead atoms. The molecule has 0 saturated carbocycles. The summed E-state index contributed by atoms with van der Waals surface area (Å²) in [5.74, 6) is -1.01. The first-order valence-electron chi connectivity index (χ1n) is 10.5. The smallest absolute Gasteiger partial charge is 0.269 e. The quantitative estimate of drug-likeness (QED) is 0.155. The summed E-state index contributed by atoms with van der Waals surface area (Å²) >= 11 is 0. The van der Waals surface area contributed by atoms with Crippen molar-refractivity contribution < 1.29 is 18.8 Å². The van der Waals surface area contributed by atoms with Crippen molar-refractivity contribution in [1.29, 1.82) is 5.26 Å². The number of amides is 1. The number of nitro groups is 1.